The number of carboxylic acid groups (broad SMARTS) is 1. The third-order valence-electron chi connectivity index (χ3n) is 5.88. The molecule has 3 rings (SSSR count). The number of rotatable bonds is 9. The quantitative estimate of drug-likeness (QED) is 0.349. The molecule has 0 radical (unpaired) electrons. The second kappa shape index (κ2) is 12.6. The van der Waals surface area contributed by atoms with Gasteiger partial charge in [0, 0.05) is 12.5 Å². The molecule has 198 valence electrons. The van der Waals surface area contributed by atoms with Crippen LogP contribution in [0.4, 0.5) is 0 Å². The number of β-lactam (4-membered cyclic amide) rings is 1. The van der Waals surface area contributed by atoms with E-state index in [2.05, 4.69) is 31.0 Å². The second-order valence-corrected chi connectivity index (χ2v) is 10.4. The van der Waals surface area contributed by atoms with E-state index in [0.717, 1.165) is 6.92 Å². The lowest BCUT2D eigenvalue weighted by atomic mass is 10.0. The van der Waals surface area contributed by atoms with Crippen molar-refractivity contribution in [1.29, 1.82) is 0 Å². The van der Waals surface area contributed by atoms with Gasteiger partial charge in [-0.2, -0.15) is 0 Å². The molecular formula is C24H33N3O8S. The van der Waals surface area contributed by atoms with Crippen LogP contribution in [0.5, 0.6) is 0 Å². The Kier molecular flexibility index (Phi) is 10.2. The van der Waals surface area contributed by atoms with Crippen LogP contribution in [0, 0.1) is 0 Å². The predicted octanol–water partition coefficient (Wildman–Crippen LogP) is 0.561. The normalized spacial score (nSPS) is 20.0. The number of carbonyl (C=O) groups excluding carboxylic acids is 3. The summed E-state index contributed by atoms with van der Waals surface area (Å²) in [6, 6.07) is 7.28. The molecule has 0 saturated carbocycles. The summed E-state index contributed by atoms with van der Waals surface area (Å²) in [6.45, 7) is 10.7. The summed E-state index contributed by atoms with van der Waals surface area (Å²) in [5.74, 6) is -4.34. The average Bonchev–Trinajstić information content (AvgIpc) is 2.82. The van der Waals surface area contributed by atoms with Crippen LogP contribution in [0.15, 0.2) is 41.6 Å². The first-order valence-corrected chi connectivity index (χ1v) is 13.4. The molecule has 0 unspecified atom stereocenters. The number of sulfone groups is 1. The van der Waals surface area contributed by atoms with Crippen molar-refractivity contribution in [3.05, 3.63) is 47.2 Å². The number of nitrogens with one attached hydrogen (secondary N) is 1. The van der Waals surface area contributed by atoms with Crippen molar-refractivity contribution >= 4 is 33.6 Å². The van der Waals surface area contributed by atoms with E-state index in [1.165, 1.54) is 19.6 Å². The number of fused-ring (bicyclic) bond motifs is 1. The fourth-order valence-corrected chi connectivity index (χ4v) is 6.01. The first-order chi connectivity index (χ1) is 17.0. The minimum Gasteiger partial charge on any atom is -0.477 e. The Labute approximate surface area is 211 Å². The molecule has 11 nitrogen and oxygen atoms in total. The number of aliphatic carboxylic acids is 1. The Balaban J connectivity index is 0.000000572. The highest BCUT2D eigenvalue weighted by molar-refractivity contribution is 7.92. The third-order valence-corrected chi connectivity index (χ3v) is 7.85. The van der Waals surface area contributed by atoms with Crippen LogP contribution in [-0.2, 0) is 40.2 Å². The van der Waals surface area contributed by atoms with Gasteiger partial charge in [0.15, 0.2) is 15.2 Å². The number of ether oxygens (including phenoxy) is 1. The van der Waals surface area contributed by atoms with E-state index >= 15 is 0 Å². The van der Waals surface area contributed by atoms with E-state index in [0.29, 0.717) is 10.5 Å². The molecule has 1 aromatic carbocycles. The molecule has 1 saturated heterocycles. The monoisotopic (exact) mass is 523 g/mol. The van der Waals surface area contributed by atoms with Gasteiger partial charge in [0.1, 0.15) is 18.3 Å². The Bertz CT molecular complexity index is 1110. The molecule has 2 aliphatic rings. The number of hydrogen-bond acceptors (Lipinski definition) is 8. The van der Waals surface area contributed by atoms with Gasteiger partial charge in [0.05, 0.1) is 12.2 Å². The van der Waals surface area contributed by atoms with Gasteiger partial charge >= 0.3 is 11.9 Å². The summed E-state index contributed by atoms with van der Waals surface area (Å²) >= 11 is 0. The largest absolute Gasteiger partial charge is 0.477 e. The molecule has 0 aliphatic carbocycles. The maximum Gasteiger partial charge on any atom is 0.352 e. The molecule has 1 fully saturated rings. The lowest BCUT2D eigenvalue weighted by Crippen LogP contribution is -2.75. The number of nitrogens with zero attached hydrogens (tertiary/aromatic N) is 2. The third kappa shape index (κ3) is 6.91. The van der Waals surface area contributed by atoms with Crippen LogP contribution < -0.4 is 5.32 Å². The van der Waals surface area contributed by atoms with Crippen molar-refractivity contribution in [2.45, 2.75) is 45.5 Å². The lowest BCUT2D eigenvalue weighted by Gasteiger charge is -2.48. The maximum atomic E-state index is 12.6. The molecule has 0 aromatic heterocycles. The number of hydrogen-bond donors (Lipinski definition) is 2. The zero-order chi connectivity index (χ0) is 27.0. The van der Waals surface area contributed by atoms with Gasteiger partial charge in [-0.3, -0.25) is 19.3 Å². The van der Waals surface area contributed by atoms with Gasteiger partial charge in [-0.1, -0.05) is 51.1 Å². The van der Waals surface area contributed by atoms with Crippen molar-refractivity contribution in [3.63, 3.8) is 0 Å². The van der Waals surface area contributed by atoms with E-state index in [4.69, 9.17) is 4.74 Å². The smallest absolute Gasteiger partial charge is 0.352 e. The van der Waals surface area contributed by atoms with Gasteiger partial charge in [-0.15, -0.1) is 0 Å². The highest BCUT2D eigenvalue weighted by atomic mass is 32.2. The Hall–Kier alpha value is -3.25. The van der Waals surface area contributed by atoms with Crippen molar-refractivity contribution in [3.8, 4) is 0 Å². The Morgan fingerprint density at radius 1 is 1.11 bits per heavy atom. The summed E-state index contributed by atoms with van der Waals surface area (Å²) in [7, 11) is -4.01. The van der Waals surface area contributed by atoms with E-state index in [9.17, 15) is 32.7 Å². The molecule has 36 heavy (non-hydrogen) atoms. The fourth-order valence-electron chi connectivity index (χ4n) is 4.00. The highest BCUT2D eigenvalue weighted by Crippen LogP contribution is 2.36. The van der Waals surface area contributed by atoms with Gasteiger partial charge in [-0.25, -0.2) is 13.2 Å². The van der Waals surface area contributed by atoms with Crippen molar-refractivity contribution in [1.82, 2.24) is 15.1 Å². The van der Waals surface area contributed by atoms with E-state index in [1.54, 1.807) is 30.3 Å². The molecule has 2 atom stereocenters. The van der Waals surface area contributed by atoms with Crippen LogP contribution in [0.3, 0.4) is 0 Å². The zero-order valence-electron chi connectivity index (χ0n) is 20.9. The Morgan fingerprint density at radius 2 is 1.69 bits per heavy atom. The summed E-state index contributed by atoms with van der Waals surface area (Å²) in [6.07, 6.45) is -0.0588. The summed E-state index contributed by atoms with van der Waals surface area (Å²) in [4.78, 5) is 50.4. The topological polar surface area (TPSA) is 150 Å². The van der Waals surface area contributed by atoms with Crippen LogP contribution in [0.25, 0.3) is 0 Å². The summed E-state index contributed by atoms with van der Waals surface area (Å²) < 4.78 is 30.0. The first kappa shape index (κ1) is 29.0. The molecule has 1 aromatic rings. The van der Waals surface area contributed by atoms with Crippen LogP contribution in [-0.4, -0.2) is 90.5 Å². The van der Waals surface area contributed by atoms with Gasteiger partial charge in [-0.05, 0) is 25.2 Å². The minimum atomic E-state index is -4.01. The number of amides is 2. The molecule has 2 aliphatic heterocycles. The lowest BCUT2D eigenvalue weighted by molar-refractivity contribution is -0.151. The SMILES string of the molecule is CC(=O)OCC1=C(C(=O)O)N2C(=O)[C@H](NC(=O)Cc3ccccc3)[C@@H]2S(=O)(=O)C1.CCN(CC)CC. The van der Waals surface area contributed by atoms with Gasteiger partial charge < -0.3 is 20.1 Å². The van der Waals surface area contributed by atoms with E-state index in [1.807, 2.05) is 0 Å². The molecule has 2 heterocycles. The predicted molar refractivity (Wildman–Crippen MR) is 131 cm³/mol. The molecule has 0 spiro atoms. The van der Waals surface area contributed by atoms with Crippen molar-refractivity contribution in [2.24, 2.45) is 0 Å². The van der Waals surface area contributed by atoms with Crippen molar-refractivity contribution < 1.29 is 37.4 Å². The van der Waals surface area contributed by atoms with E-state index < -0.39 is 63.1 Å². The molecule has 2 amide bonds. The number of esters is 1. The maximum absolute atomic E-state index is 12.6. The molecule has 0 bridgehead atoms. The number of carboxylic acids is 1. The Morgan fingerprint density at radius 3 is 2.17 bits per heavy atom. The highest BCUT2D eigenvalue weighted by Gasteiger charge is 2.60. The van der Waals surface area contributed by atoms with Crippen LogP contribution in [0.2, 0.25) is 0 Å². The average molecular weight is 524 g/mol. The van der Waals surface area contributed by atoms with Gasteiger partial charge in [0.2, 0.25) is 5.91 Å². The van der Waals surface area contributed by atoms with Crippen LogP contribution >= 0.6 is 0 Å². The molecular weight excluding hydrogens is 490 g/mol. The van der Waals surface area contributed by atoms with Gasteiger partial charge in [0.25, 0.3) is 5.91 Å². The summed E-state index contributed by atoms with van der Waals surface area (Å²) in [5, 5.41) is 10.3. The number of benzene rings is 1. The minimum absolute atomic E-state index is 0.0588. The summed E-state index contributed by atoms with van der Waals surface area (Å²) in [5.41, 5.74) is -0.0640. The second-order valence-electron chi connectivity index (χ2n) is 8.27. The zero-order valence-corrected chi connectivity index (χ0v) is 21.7. The van der Waals surface area contributed by atoms with Crippen molar-refractivity contribution in [2.75, 3.05) is 32.0 Å². The van der Waals surface area contributed by atoms with Crippen LogP contribution in [0.1, 0.15) is 33.3 Å². The molecule has 2 N–H and O–H groups in total. The molecule has 12 heteroatoms. The van der Waals surface area contributed by atoms with E-state index in [-0.39, 0.29) is 12.0 Å². The first-order valence-electron chi connectivity index (χ1n) is 11.7. The standard InChI is InChI=1S/C18H18N2O8S.C6H15N/c1-10(21)28-8-12-9-29(26,27)17-14(16(23)20(17)15(12)18(24)25)19-13(22)7-11-5-3-2-4-6-11;1-4-7(5-2)6-3/h2-6,14,17H,7-9H2,1H3,(H,19,22)(H,24,25);4-6H2,1-3H3/t14-,17-;/m0./s1. The fraction of sp³-hybridized carbons (Fsp3) is 0.500. The number of carbonyl (C=O) groups is 4.